The largest absolute Gasteiger partial charge is 0.457 e. The van der Waals surface area contributed by atoms with Crippen LogP contribution in [0.15, 0.2) is 35.5 Å². The monoisotopic (exact) mass is 384 g/mol. The minimum atomic E-state index is -4.65. The molecule has 0 aliphatic carbocycles. The number of sulfone groups is 1. The molecule has 1 aromatic carbocycles. The number of hydrogen-bond donors (Lipinski definition) is 1. The number of ether oxygens (including phenoxy) is 1. The number of aliphatic hydroxyl groups excluding tert-OH is 1. The number of alkyl halides is 3. The number of halogens is 3. The Morgan fingerprint density at radius 2 is 2.08 bits per heavy atom. The average molecular weight is 384 g/mol. The molecule has 1 aliphatic rings. The Labute approximate surface area is 146 Å². The summed E-state index contributed by atoms with van der Waals surface area (Å²) in [6, 6.07) is 3.11. The minimum Gasteiger partial charge on any atom is -0.457 e. The molecular weight excluding hydrogens is 373 g/mol. The zero-order valence-electron chi connectivity index (χ0n) is 13.1. The van der Waals surface area contributed by atoms with E-state index in [-0.39, 0.29) is 11.4 Å². The second-order valence-electron chi connectivity index (χ2n) is 5.67. The number of aromatic nitrogens is 1. The van der Waals surface area contributed by atoms with Gasteiger partial charge in [-0.05, 0) is 25.1 Å². The molecule has 1 aromatic heterocycles. The molecule has 10 heteroatoms. The van der Waals surface area contributed by atoms with Gasteiger partial charge in [-0.15, -0.1) is 0 Å². The van der Waals surface area contributed by atoms with E-state index in [1.54, 1.807) is 0 Å². The van der Waals surface area contributed by atoms with Gasteiger partial charge in [0.05, 0.1) is 23.2 Å². The number of aliphatic hydroxyl groups is 1. The molecule has 0 saturated carbocycles. The minimum absolute atomic E-state index is 0.0429. The van der Waals surface area contributed by atoms with E-state index in [9.17, 15) is 26.7 Å². The molecule has 3 rings (SSSR count). The summed E-state index contributed by atoms with van der Waals surface area (Å²) >= 11 is 0. The van der Waals surface area contributed by atoms with Crippen molar-refractivity contribution in [3.63, 3.8) is 0 Å². The van der Waals surface area contributed by atoms with E-state index < -0.39 is 49.1 Å². The third-order valence-corrected chi connectivity index (χ3v) is 6.27. The normalized spacial score (nSPS) is 23.5. The van der Waals surface area contributed by atoms with Crippen LogP contribution < -0.4 is 4.74 Å². The van der Waals surface area contributed by atoms with Gasteiger partial charge in [0.1, 0.15) is 17.6 Å². The van der Waals surface area contributed by atoms with Gasteiger partial charge in [-0.1, -0.05) is 0 Å². The first-order valence-corrected chi connectivity index (χ1v) is 8.66. The zero-order chi connectivity index (χ0) is 19.3. The predicted octanol–water partition coefficient (Wildman–Crippen LogP) is 3.87. The third kappa shape index (κ3) is 2.51. The van der Waals surface area contributed by atoms with E-state index >= 15 is 0 Å². The fourth-order valence-electron chi connectivity index (χ4n) is 2.70. The zero-order valence-corrected chi connectivity index (χ0v) is 14.0. The molecular formula is C16H11F3N2O4S. The van der Waals surface area contributed by atoms with Crippen LogP contribution in [0.5, 0.6) is 11.5 Å². The van der Waals surface area contributed by atoms with E-state index in [1.807, 2.05) is 0 Å². The van der Waals surface area contributed by atoms with Crippen molar-refractivity contribution >= 4 is 15.5 Å². The van der Waals surface area contributed by atoms with Crippen molar-refractivity contribution in [2.24, 2.45) is 0 Å². The summed E-state index contributed by atoms with van der Waals surface area (Å²) in [5.41, 5.74) is -1.55. The van der Waals surface area contributed by atoms with Crippen LogP contribution >= 0.6 is 0 Å². The fraction of sp³-hybridized carbons (Fsp3) is 0.250. The maximum atomic E-state index is 14.5. The lowest BCUT2D eigenvalue weighted by molar-refractivity contribution is 0.0596. The standard InChI is InChI=1S/C16H11F3N2O4S/c1-16(19)14(22)13-11(26(16,23)24)4-3-10(12(13)15(17)18)25-9-5-8(20-2)6-21-7-9/h3-7,14-15,22H,1H3. The van der Waals surface area contributed by atoms with Crippen molar-refractivity contribution in [1.82, 2.24) is 4.98 Å². The molecule has 26 heavy (non-hydrogen) atoms. The fourth-order valence-corrected chi connectivity index (χ4v) is 4.30. The van der Waals surface area contributed by atoms with Crippen molar-refractivity contribution in [3.05, 3.63) is 53.1 Å². The Kier molecular flexibility index (Phi) is 4.17. The first-order valence-electron chi connectivity index (χ1n) is 7.18. The number of benzene rings is 1. The van der Waals surface area contributed by atoms with Crippen LogP contribution in [0.4, 0.5) is 18.9 Å². The average Bonchev–Trinajstić information content (AvgIpc) is 2.72. The molecule has 0 bridgehead atoms. The van der Waals surface area contributed by atoms with Gasteiger partial charge in [0, 0.05) is 11.8 Å². The Morgan fingerprint density at radius 1 is 1.38 bits per heavy atom. The van der Waals surface area contributed by atoms with Gasteiger partial charge in [0.15, 0.2) is 0 Å². The summed E-state index contributed by atoms with van der Waals surface area (Å²) in [6.07, 6.45) is -3.12. The van der Waals surface area contributed by atoms with Gasteiger partial charge in [-0.25, -0.2) is 26.4 Å². The SMILES string of the molecule is [C-]#[N+]c1cncc(Oc2ccc3c(c2C(F)F)C(O)C(C)(F)S3(=O)=O)c1. The maximum absolute atomic E-state index is 14.5. The molecule has 2 aromatic rings. The summed E-state index contributed by atoms with van der Waals surface area (Å²) in [5.74, 6) is -0.506. The first-order chi connectivity index (χ1) is 12.1. The van der Waals surface area contributed by atoms with Crippen LogP contribution in [-0.4, -0.2) is 23.5 Å². The molecule has 2 heterocycles. The summed E-state index contributed by atoms with van der Waals surface area (Å²) in [7, 11) is -4.65. The van der Waals surface area contributed by atoms with Crippen LogP contribution in [0.2, 0.25) is 0 Å². The molecule has 1 aliphatic heterocycles. The number of nitrogens with zero attached hydrogens (tertiary/aromatic N) is 2. The van der Waals surface area contributed by atoms with E-state index in [0.717, 1.165) is 12.1 Å². The van der Waals surface area contributed by atoms with E-state index in [0.29, 0.717) is 6.92 Å². The van der Waals surface area contributed by atoms with Gasteiger partial charge in [0.2, 0.25) is 20.5 Å². The van der Waals surface area contributed by atoms with Crippen LogP contribution in [-0.2, 0) is 9.84 Å². The van der Waals surface area contributed by atoms with Crippen molar-refractivity contribution in [2.75, 3.05) is 0 Å². The first kappa shape index (κ1) is 18.2. The van der Waals surface area contributed by atoms with Crippen molar-refractivity contribution < 1.29 is 31.4 Å². The molecule has 0 amide bonds. The molecule has 0 spiro atoms. The Morgan fingerprint density at radius 3 is 2.69 bits per heavy atom. The van der Waals surface area contributed by atoms with Crippen LogP contribution in [0.25, 0.3) is 4.85 Å². The molecule has 0 radical (unpaired) electrons. The smallest absolute Gasteiger partial charge is 0.267 e. The van der Waals surface area contributed by atoms with E-state index in [1.165, 1.54) is 18.5 Å². The van der Waals surface area contributed by atoms with Gasteiger partial charge >= 0.3 is 0 Å². The summed E-state index contributed by atoms with van der Waals surface area (Å²) in [4.78, 5) is 6.15. The van der Waals surface area contributed by atoms with Crippen LogP contribution in [0.1, 0.15) is 30.6 Å². The van der Waals surface area contributed by atoms with Crippen molar-refractivity contribution in [1.29, 1.82) is 0 Å². The molecule has 2 unspecified atom stereocenters. The van der Waals surface area contributed by atoms with Crippen molar-refractivity contribution in [2.45, 2.75) is 29.3 Å². The molecule has 0 fully saturated rings. The van der Waals surface area contributed by atoms with Crippen LogP contribution in [0.3, 0.4) is 0 Å². The lowest BCUT2D eigenvalue weighted by Crippen LogP contribution is -2.30. The molecule has 2 atom stereocenters. The van der Waals surface area contributed by atoms with E-state index in [2.05, 4.69) is 9.83 Å². The molecule has 1 N–H and O–H groups in total. The van der Waals surface area contributed by atoms with E-state index in [4.69, 9.17) is 11.3 Å². The topological polar surface area (TPSA) is 80.8 Å². The highest BCUT2D eigenvalue weighted by Gasteiger charge is 2.57. The summed E-state index contributed by atoms with van der Waals surface area (Å²) < 4.78 is 71.4. The number of pyridine rings is 1. The summed E-state index contributed by atoms with van der Waals surface area (Å²) in [5, 5.41) is 6.92. The maximum Gasteiger partial charge on any atom is 0.267 e. The second kappa shape index (κ2) is 5.96. The molecule has 136 valence electrons. The third-order valence-electron chi connectivity index (χ3n) is 4.06. The molecule has 0 saturated heterocycles. The summed E-state index contributed by atoms with van der Waals surface area (Å²) in [6.45, 7) is 7.53. The second-order valence-corrected chi connectivity index (χ2v) is 7.92. The highest BCUT2D eigenvalue weighted by Crippen LogP contribution is 2.53. The van der Waals surface area contributed by atoms with Crippen LogP contribution in [0, 0.1) is 6.57 Å². The van der Waals surface area contributed by atoms with Gasteiger partial charge in [-0.2, -0.15) is 0 Å². The van der Waals surface area contributed by atoms with Crippen molar-refractivity contribution in [3.8, 4) is 11.5 Å². The number of fused-ring (bicyclic) bond motifs is 1. The van der Waals surface area contributed by atoms with Gasteiger partial charge in [0.25, 0.3) is 6.43 Å². The Balaban J connectivity index is 2.19. The molecule has 6 nitrogen and oxygen atoms in total. The highest BCUT2D eigenvalue weighted by atomic mass is 32.2. The Bertz CT molecular complexity index is 1030. The predicted molar refractivity (Wildman–Crippen MR) is 83.6 cm³/mol. The quantitative estimate of drug-likeness (QED) is 0.813. The number of rotatable bonds is 3. The Hall–Kier alpha value is -2.64. The van der Waals surface area contributed by atoms with Gasteiger partial charge < -0.3 is 9.84 Å². The lowest BCUT2D eigenvalue weighted by Gasteiger charge is -2.18. The number of hydrogen-bond acceptors (Lipinski definition) is 5. The van der Waals surface area contributed by atoms with Gasteiger partial charge in [-0.3, -0.25) is 4.98 Å². The highest BCUT2D eigenvalue weighted by molar-refractivity contribution is 7.93. The lowest BCUT2D eigenvalue weighted by atomic mass is 9.99.